The Hall–Kier alpha value is -3.32. The maximum Gasteiger partial charge on any atom is 0.261 e. The number of hydrogen-bond donors (Lipinski definition) is 1. The SMILES string of the molecule is CCOc1ccc(S(=O)(=O)Nc2ccc(C(=O)N3CCc4ccccc43)cc2)cc1. The average Bonchev–Trinajstić information content (AvgIpc) is 3.18. The number of amides is 1. The molecule has 1 aliphatic rings. The van der Waals surface area contributed by atoms with E-state index < -0.39 is 10.0 Å². The van der Waals surface area contributed by atoms with Crippen LogP contribution < -0.4 is 14.4 Å². The summed E-state index contributed by atoms with van der Waals surface area (Å²) in [5, 5.41) is 0. The van der Waals surface area contributed by atoms with E-state index in [4.69, 9.17) is 4.74 Å². The zero-order valence-electron chi connectivity index (χ0n) is 16.5. The van der Waals surface area contributed by atoms with Crippen LogP contribution in [0.5, 0.6) is 5.75 Å². The molecule has 0 saturated heterocycles. The van der Waals surface area contributed by atoms with Gasteiger partial charge in [-0.05, 0) is 73.5 Å². The zero-order chi connectivity index (χ0) is 21.1. The number of benzene rings is 3. The van der Waals surface area contributed by atoms with E-state index in [0.29, 0.717) is 30.2 Å². The first-order valence-corrected chi connectivity index (χ1v) is 11.2. The Labute approximate surface area is 176 Å². The molecule has 3 aromatic carbocycles. The minimum absolute atomic E-state index is 0.0964. The average molecular weight is 423 g/mol. The molecule has 30 heavy (non-hydrogen) atoms. The van der Waals surface area contributed by atoms with Gasteiger partial charge in [-0.2, -0.15) is 0 Å². The van der Waals surface area contributed by atoms with Crippen molar-refractivity contribution in [1.29, 1.82) is 0 Å². The van der Waals surface area contributed by atoms with Gasteiger partial charge in [0.1, 0.15) is 5.75 Å². The maximum absolute atomic E-state index is 12.9. The van der Waals surface area contributed by atoms with Crippen molar-refractivity contribution >= 4 is 27.3 Å². The number of nitrogens with one attached hydrogen (secondary N) is 1. The predicted octanol–water partition coefficient (Wildman–Crippen LogP) is 4.09. The van der Waals surface area contributed by atoms with Gasteiger partial charge in [0.25, 0.3) is 15.9 Å². The third kappa shape index (κ3) is 4.02. The second kappa shape index (κ2) is 8.20. The Balaban J connectivity index is 1.48. The summed E-state index contributed by atoms with van der Waals surface area (Å²) in [7, 11) is -3.73. The summed E-state index contributed by atoms with van der Waals surface area (Å²) in [6.45, 7) is 3.02. The quantitative estimate of drug-likeness (QED) is 0.649. The van der Waals surface area contributed by atoms with Crippen molar-refractivity contribution in [3.05, 3.63) is 83.9 Å². The van der Waals surface area contributed by atoms with Crippen molar-refractivity contribution < 1.29 is 17.9 Å². The molecular weight excluding hydrogens is 400 g/mol. The van der Waals surface area contributed by atoms with Crippen LogP contribution in [0.1, 0.15) is 22.8 Å². The van der Waals surface area contributed by atoms with Crippen LogP contribution in [0.3, 0.4) is 0 Å². The third-order valence-electron chi connectivity index (χ3n) is 4.96. The number of nitrogens with zero attached hydrogens (tertiary/aromatic N) is 1. The van der Waals surface area contributed by atoms with Gasteiger partial charge in [0.2, 0.25) is 0 Å². The first-order chi connectivity index (χ1) is 14.5. The number of sulfonamides is 1. The van der Waals surface area contributed by atoms with E-state index in [1.807, 2.05) is 31.2 Å². The number of ether oxygens (including phenoxy) is 1. The van der Waals surface area contributed by atoms with Gasteiger partial charge in [-0.1, -0.05) is 18.2 Å². The van der Waals surface area contributed by atoms with Crippen LogP contribution in [0.15, 0.2) is 77.7 Å². The van der Waals surface area contributed by atoms with E-state index in [2.05, 4.69) is 4.72 Å². The number of rotatable bonds is 6. The molecule has 0 bridgehead atoms. The number of fused-ring (bicyclic) bond motifs is 1. The van der Waals surface area contributed by atoms with Gasteiger partial charge in [0.15, 0.2) is 0 Å². The molecule has 0 unspecified atom stereocenters. The van der Waals surface area contributed by atoms with Crippen LogP contribution in [0, 0.1) is 0 Å². The van der Waals surface area contributed by atoms with Crippen molar-refractivity contribution in [2.24, 2.45) is 0 Å². The molecule has 1 amide bonds. The van der Waals surface area contributed by atoms with Gasteiger partial charge < -0.3 is 9.64 Å². The molecule has 7 heteroatoms. The lowest BCUT2D eigenvalue weighted by molar-refractivity contribution is 0.0989. The predicted molar refractivity (Wildman–Crippen MR) is 117 cm³/mol. The third-order valence-corrected chi connectivity index (χ3v) is 6.36. The second-order valence-corrected chi connectivity index (χ2v) is 8.61. The van der Waals surface area contributed by atoms with Gasteiger partial charge in [-0.3, -0.25) is 9.52 Å². The van der Waals surface area contributed by atoms with Gasteiger partial charge in [0, 0.05) is 23.5 Å². The Morgan fingerprint density at radius 3 is 2.40 bits per heavy atom. The Morgan fingerprint density at radius 1 is 1.00 bits per heavy atom. The number of anilines is 2. The Bertz CT molecular complexity index is 1160. The van der Waals surface area contributed by atoms with Crippen molar-refractivity contribution in [2.45, 2.75) is 18.2 Å². The van der Waals surface area contributed by atoms with Crippen molar-refractivity contribution in [3.63, 3.8) is 0 Å². The largest absolute Gasteiger partial charge is 0.494 e. The molecule has 6 nitrogen and oxygen atoms in total. The van der Waals surface area contributed by atoms with Gasteiger partial charge in [0.05, 0.1) is 11.5 Å². The highest BCUT2D eigenvalue weighted by molar-refractivity contribution is 7.92. The van der Waals surface area contributed by atoms with E-state index in [0.717, 1.165) is 17.7 Å². The smallest absolute Gasteiger partial charge is 0.261 e. The molecule has 0 atom stereocenters. The van der Waals surface area contributed by atoms with Crippen LogP contribution in [0.4, 0.5) is 11.4 Å². The molecule has 1 N–H and O–H groups in total. The Morgan fingerprint density at radius 2 is 1.70 bits per heavy atom. The lowest BCUT2D eigenvalue weighted by atomic mass is 10.1. The van der Waals surface area contributed by atoms with Crippen LogP contribution in [-0.4, -0.2) is 27.5 Å². The van der Waals surface area contributed by atoms with E-state index in [9.17, 15) is 13.2 Å². The molecular formula is C23H22N2O4S. The molecule has 3 aromatic rings. The number of hydrogen-bond acceptors (Lipinski definition) is 4. The second-order valence-electron chi connectivity index (χ2n) is 6.92. The van der Waals surface area contributed by atoms with Crippen LogP contribution >= 0.6 is 0 Å². The zero-order valence-corrected chi connectivity index (χ0v) is 17.4. The monoisotopic (exact) mass is 422 g/mol. The molecule has 0 aliphatic carbocycles. The first-order valence-electron chi connectivity index (χ1n) is 9.73. The molecule has 4 rings (SSSR count). The van der Waals surface area contributed by atoms with E-state index in [1.54, 1.807) is 41.3 Å². The molecule has 1 heterocycles. The van der Waals surface area contributed by atoms with Gasteiger partial charge in [-0.15, -0.1) is 0 Å². The number of carbonyl (C=O) groups excluding carboxylic acids is 1. The molecule has 0 fully saturated rings. The molecule has 0 saturated carbocycles. The van der Waals surface area contributed by atoms with Crippen molar-refractivity contribution in [2.75, 3.05) is 22.8 Å². The summed E-state index contributed by atoms with van der Waals surface area (Å²) in [4.78, 5) is 14.8. The van der Waals surface area contributed by atoms with Crippen molar-refractivity contribution in [3.8, 4) is 5.75 Å². The van der Waals surface area contributed by atoms with Crippen molar-refractivity contribution in [1.82, 2.24) is 0 Å². The molecule has 154 valence electrons. The summed E-state index contributed by atoms with van der Waals surface area (Å²) in [6, 6.07) is 20.6. The summed E-state index contributed by atoms with van der Waals surface area (Å²) < 4.78 is 33.1. The minimum Gasteiger partial charge on any atom is -0.494 e. The highest BCUT2D eigenvalue weighted by Crippen LogP contribution is 2.29. The lowest BCUT2D eigenvalue weighted by Crippen LogP contribution is -2.28. The van der Waals surface area contributed by atoms with E-state index >= 15 is 0 Å². The standard InChI is InChI=1S/C23H22N2O4S/c1-2-29-20-11-13-21(14-12-20)30(27,28)24-19-9-7-18(8-10-19)23(26)25-16-15-17-5-3-4-6-22(17)25/h3-14,24H,2,15-16H2,1H3. The van der Waals surface area contributed by atoms with Crippen LogP contribution in [-0.2, 0) is 16.4 Å². The van der Waals surface area contributed by atoms with E-state index in [-0.39, 0.29) is 10.8 Å². The lowest BCUT2D eigenvalue weighted by Gasteiger charge is -2.17. The highest BCUT2D eigenvalue weighted by Gasteiger charge is 2.25. The fourth-order valence-corrected chi connectivity index (χ4v) is 4.54. The minimum atomic E-state index is -3.73. The summed E-state index contributed by atoms with van der Waals surface area (Å²) in [5.74, 6) is 0.517. The highest BCUT2D eigenvalue weighted by atomic mass is 32.2. The van der Waals surface area contributed by atoms with E-state index in [1.165, 1.54) is 12.1 Å². The molecule has 0 radical (unpaired) electrons. The maximum atomic E-state index is 12.9. The summed E-state index contributed by atoms with van der Waals surface area (Å²) in [6.07, 6.45) is 0.835. The fraction of sp³-hybridized carbons (Fsp3) is 0.174. The molecule has 0 spiro atoms. The summed E-state index contributed by atoms with van der Waals surface area (Å²) in [5.41, 5.74) is 2.99. The van der Waals surface area contributed by atoms with Crippen LogP contribution in [0.25, 0.3) is 0 Å². The van der Waals surface area contributed by atoms with Gasteiger partial charge >= 0.3 is 0 Å². The van der Waals surface area contributed by atoms with Gasteiger partial charge in [-0.25, -0.2) is 8.42 Å². The summed E-state index contributed by atoms with van der Waals surface area (Å²) >= 11 is 0. The molecule has 1 aliphatic heterocycles. The fourth-order valence-electron chi connectivity index (χ4n) is 3.48. The number of carbonyl (C=O) groups is 1. The normalized spacial score (nSPS) is 13.0. The van der Waals surface area contributed by atoms with Crippen LogP contribution in [0.2, 0.25) is 0 Å². The Kier molecular flexibility index (Phi) is 5.46. The molecule has 0 aromatic heterocycles. The topological polar surface area (TPSA) is 75.7 Å². The number of para-hydroxylation sites is 1. The first kappa shape index (κ1) is 20.0.